The summed E-state index contributed by atoms with van der Waals surface area (Å²) in [4.78, 5) is 11.8. The molecule has 1 heteroatoms. The van der Waals surface area contributed by atoms with Crippen LogP contribution >= 0.6 is 0 Å². The fraction of sp³-hybridized carbons (Fsp3) is 0.591. The van der Waals surface area contributed by atoms with Crippen LogP contribution in [0.5, 0.6) is 0 Å². The Morgan fingerprint density at radius 3 is 2.70 bits per heavy atom. The van der Waals surface area contributed by atoms with Gasteiger partial charge in [0.05, 0.1) is 0 Å². The van der Waals surface area contributed by atoms with Gasteiger partial charge in [-0.3, -0.25) is 4.79 Å². The predicted molar refractivity (Wildman–Crippen MR) is 95.0 cm³/mol. The van der Waals surface area contributed by atoms with Gasteiger partial charge in [0.2, 0.25) is 0 Å². The summed E-state index contributed by atoms with van der Waals surface area (Å²) in [6.45, 7) is 9.60. The number of carbonyl (C=O) groups is 1. The highest BCUT2D eigenvalue weighted by molar-refractivity contribution is 6.01. The van der Waals surface area contributed by atoms with E-state index in [1.165, 1.54) is 24.8 Å². The summed E-state index contributed by atoms with van der Waals surface area (Å²) in [6, 6.07) is 0. The van der Waals surface area contributed by atoms with Crippen LogP contribution in [0.2, 0.25) is 0 Å². The highest BCUT2D eigenvalue weighted by atomic mass is 16.1. The maximum Gasteiger partial charge on any atom is 0.178 e. The summed E-state index contributed by atoms with van der Waals surface area (Å²) in [5, 5.41) is 0. The maximum atomic E-state index is 11.8. The maximum absolute atomic E-state index is 11.8. The Balaban J connectivity index is 1.81. The monoisotopic (exact) mass is 308 g/mol. The lowest BCUT2D eigenvalue weighted by atomic mass is 9.55. The number of hydrogen-bond acceptors (Lipinski definition) is 1. The van der Waals surface area contributed by atoms with Gasteiger partial charge in [-0.05, 0) is 79.6 Å². The van der Waals surface area contributed by atoms with E-state index in [1.54, 1.807) is 22.8 Å². The molecular weight excluding hydrogens is 280 g/mol. The molecule has 0 radical (unpaired) electrons. The fourth-order valence-electron chi connectivity index (χ4n) is 5.90. The smallest absolute Gasteiger partial charge is 0.178 e. The molecule has 4 rings (SSSR count). The Morgan fingerprint density at radius 1 is 1.17 bits per heavy atom. The minimum atomic E-state index is -0.000416. The van der Waals surface area contributed by atoms with Crippen LogP contribution in [0.15, 0.2) is 46.6 Å². The van der Waals surface area contributed by atoms with Crippen LogP contribution in [-0.2, 0) is 4.79 Å². The summed E-state index contributed by atoms with van der Waals surface area (Å²) in [6.07, 6.45) is 14.3. The minimum Gasteiger partial charge on any atom is -0.290 e. The van der Waals surface area contributed by atoms with Crippen LogP contribution in [-0.4, -0.2) is 5.78 Å². The van der Waals surface area contributed by atoms with E-state index in [-0.39, 0.29) is 11.2 Å². The molecule has 23 heavy (non-hydrogen) atoms. The third kappa shape index (κ3) is 1.95. The van der Waals surface area contributed by atoms with Crippen molar-refractivity contribution in [2.75, 3.05) is 0 Å². The average molecular weight is 308 g/mol. The number of ketones is 1. The zero-order chi connectivity index (χ0) is 16.4. The zero-order valence-corrected chi connectivity index (χ0v) is 14.9. The summed E-state index contributed by atoms with van der Waals surface area (Å²) >= 11 is 0. The van der Waals surface area contributed by atoms with Gasteiger partial charge in [0.15, 0.2) is 5.78 Å². The second kappa shape index (κ2) is 4.82. The molecule has 0 fully saturated rings. The van der Waals surface area contributed by atoms with Crippen molar-refractivity contribution in [2.24, 2.45) is 22.7 Å². The lowest BCUT2D eigenvalue weighted by Crippen LogP contribution is -2.37. The van der Waals surface area contributed by atoms with Crippen LogP contribution in [0.4, 0.5) is 0 Å². The molecule has 0 spiro atoms. The molecule has 4 aliphatic carbocycles. The second-order valence-electron chi connectivity index (χ2n) is 8.69. The third-order valence-electron chi connectivity index (χ3n) is 7.23. The minimum absolute atomic E-state index is 0.000416. The van der Waals surface area contributed by atoms with Crippen LogP contribution in [0.1, 0.15) is 59.8 Å². The van der Waals surface area contributed by atoms with E-state index in [9.17, 15) is 4.79 Å². The van der Waals surface area contributed by atoms with E-state index in [4.69, 9.17) is 0 Å². The van der Waals surface area contributed by atoms with E-state index in [0.29, 0.717) is 5.41 Å². The normalized spacial score (nSPS) is 39.0. The van der Waals surface area contributed by atoms with Crippen LogP contribution in [0, 0.1) is 22.7 Å². The van der Waals surface area contributed by atoms with Gasteiger partial charge < -0.3 is 0 Å². The molecular formula is C22H28O. The van der Waals surface area contributed by atoms with Crippen molar-refractivity contribution in [3.8, 4) is 0 Å². The first-order valence-electron chi connectivity index (χ1n) is 9.24. The molecule has 0 amide bonds. The van der Waals surface area contributed by atoms with Gasteiger partial charge in [-0.2, -0.15) is 0 Å². The molecule has 0 saturated carbocycles. The highest BCUT2D eigenvalue weighted by Gasteiger charge is 2.50. The Bertz CT molecular complexity index is 699. The molecule has 0 aromatic heterocycles. The molecule has 122 valence electrons. The van der Waals surface area contributed by atoms with Gasteiger partial charge in [0.25, 0.3) is 0 Å². The average Bonchev–Trinajstić information content (AvgIpc) is 2.85. The lowest BCUT2D eigenvalue weighted by molar-refractivity contribution is -0.110. The van der Waals surface area contributed by atoms with E-state index in [2.05, 4.69) is 39.8 Å². The first kappa shape index (κ1) is 15.2. The Hall–Kier alpha value is -1.37. The van der Waals surface area contributed by atoms with Gasteiger partial charge in [-0.15, -0.1) is 0 Å². The van der Waals surface area contributed by atoms with Gasteiger partial charge in [0, 0.05) is 5.41 Å². The van der Waals surface area contributed by atoms with Crippen molar-refractivity contribution in [2.45, 2.75) is 59.8 Å². The van der Waals surface area contributed by atoms with Crippen LogP contribution < -0.4 is 0 Å². The first-order valence-corrected chi connectivity index (χ1v) is 9.24. The van der Waals surface area contributed by atoms with Crippen molar-refractivity contribution >= 4 is 5.78 Å². The Kier molecular flexibility index (Phi) is 3.18. The van der Waals surface area contributed by atoms with E-state index in [0.717, 1.165) is 24.7 Å². The number of allylic oxidation sites excluding steroid dienone is 8. The lowest BCUT2D eigenvalue weighted by Gasteiger charge is -2.49. The highest BCUT2D eigenvalue weighted by Crippen LogP contribution is 2.62. The number of carbonyl (C=O) groups excluding carboxylic acids is 1. The molecule has 0 aromatic rings. The van der Waals surface area contributed by atoms with Crippen molar-refractivity contribution in [3.63, 3.8) is 0 Å². The largest absolute Gasteiger partial charge is 0.290 e. The number of rotatable bonds is 1. The molecule has 0 heterocycles. The SMILES string of the molecule is CC(C)[C@H]1CC=C2C3=C(CC[C@@]21C)[C@@]1(C)C=CC(=O)C=C1CC3. The molecule has 1 nitrogen and oxygen atoms in total. The molecule has 4 aliphatic rings. The van der Waals surface area contributed by atoms with E-state index in [1.807, 2.05) is 6.08 Å². The zero-order valence-electron chi connectivity index (χ0n) is 14.9. The predicted octanol–water partition coefficient (Wildman–Crippen LogP) is 5.55. The molecule has 0 saturated heterocycles. The quantitative estimate of drug-likeness (QED) is 0.620. The van der Waals surface area contributed by atoms with Gasteiger partial charge >= 0.3 is 0 Å². The topological polar surface area (TPSA) is 17.1 Å². The summed E-state index contributed by atoms with van der Waals surface area (Å²) in [7, 11) is 0. The summed E-state index contributed by atoms with van der Waals surface area (Å²) in [5.74, 6) is 1.71. The van der Waals surface area contributed by atoms with E-state index < -0.39 is 0 Å². The van der Waals surface area contributed by atoms with Crippen molar-refractivity contribution in [1.82, 2.24) is 0 Å². The molecule has 0 aliphatic heterocycles. The standard InChI is InChI=1S/C22H28O/c1-14(2)18-7-8-19-17-6-5-15-13-16(23)9-11-21(15,3)20(17)10-12-22(18,19)4/h8-9,11,13-14,18H,5-7,10,12H2,1-4H3/t18-,21+,22-/m1/s1. The van der Waals surface area contributed by atoms with Crippen LogP contribution in [0.3, 0.4) is 0 Å². The van der Waals surface area contributed by atoms with Gasteiger partial charge in [0.1, 0.15) is 0 Å². The van der Waals surface area contributed by atoms with Gasteiger partial charge in [-0.25, -0.2) is 0 Å². The van der Waals surface area contributed by atoms with Gasteiger partial charge in [-0.1, -0.05) is 44.1 Å². The van der Waals surface area contributed by atoms with E-state index >= 15 is 0 Å². The van der Waals surface area contributed by atoms with Crippen LogP contribution in [0.25, 0.3) is 0 Å². The molecule has 0 unspecified atom stereocenters. The second-order valence-corrected chi connectivity index (χ2v) is 8.69. The summed E-state index contributed by atoms with van der Waals surface area (Å²) < 4.78 is 0. The Labute approximate surface area is 140 Å². The number of hydrogen-bond donors (Lipinski definition) is 0. The summed E-state index contributed by atoms with van der Waals surface area (Å²) in [5.41, 5.74) is 6.61. The first-order chi connectivity index (χ1) is 10.9. The molecule has 3 atom stereocenters. The van der Waals surface area contributed by atoms with Crippen molar-refractivity contribution in [3.05, 3.63) is 46.6 Å². The third-order valence-corrected chi connectivity index (χ3v) is 7.23. The molecule has 0 aromatic carbocycles. The molecule has 0 bridgehead atoms. The fourth-order valence-corrected chi connectivity index (χ4v) is 5.90. The Morgan fingerprint density at radius 2 is 1.96 bits per heavy atom. The van der Waals surface area contributed by atoms with Crippen molar-refractivity contribution < 1.29 is 4.79 Å². The van der Waals surface area contributed by atoms with Crippen molar-refractivity contribution in [1.29, 1.82) is 0 Å². The number of fused-ring (bicyclic) bond motifs is 4. The molecule has 0 N–H and O–H groups in total.